The molecular formula is C20H17F3N2O3. The Morgan fingerprint density at radius 2 is 1.79 bits per heavy atom. The fourth-order valence-electron chi connectivity index (χ4n) is 3.38. The number of hydrogen-bond donors (Lipinski definition) is 2. The molecule has 1 heterocycles. The smallest absolute Gasteiger partial charge is 0.262 e. The Kier molecular flexibility index (Phi) is 4.89. The molecule has 0 saturated heterocycles. The van der Waals surface area contributed by atoms with Crippen molar-refractivity contribution < 1.29 is 27.9 Å². The fraction of sp³-hybridized carbons (Fsp3) is 0.200. The van der Waals surface area contributed by atoms with E-state index in [0.29, 0.717) is 0 Å². The number of aromatic nitrogens is 1. The average Bonchev–Trinajstić information content (AvgIpc) is 2.97. The first kappa shape index (κ1) is 19.5. The number of carbonyl (C=O) groups is 2. The minimum Gasteiger partial charge on any atom is -0.505 e. The largest absolute Gasteiger partial charge is 0.505 e. The van der Waals surface area contributed by atoms with Crippen molar-refractivity contribution in [2.45, 2.75) is 19.8 Å². The molecule has 1 amide bonds. The number of nitrogens with one attached hydrogen (secondary N) is 1. The van der Waals surface area contributed by atoms with Crippen LogP contribution in [0.1, 0.15) is 34.5 Å². The van der Waals surface area contributed by atoms with Crippen LogP contribution >= 0.6 is 0 Å². The van der Waals surface area contributed by atoms with Gasteiger partial charge in [-0.3, -0.25) is 14.2 Å². The SMILES string of the molecule is CNC(=O)C(C)c1c(C)n(C(=O)c2ccc(F)c(F)c2)c2ccc(O)c(F)c12. The van der Waals surface area contributed by atoms with Crippen molar-refractivity contribution in [2.24, 2.45) is 0 Å². The van der Waals surface area contributed by atoms with Crippen LogP contribution in [0.3, 0.4) is 0 Å². The first-order valence-electron chi connectivity index (χ1n) is 8.42. The van der Waals surface area contributed by atoms with Gasteiger partial charge in [0.25, 0.3) is 5.91 Å². The molecule has 1 unspecified atom stereocenters. The van der Waals surface area contributed by atoms with Gasteiger partial charge < -0.3 is 10.4 Å². The Morgan fingerprint density at radius 3 is 2.39 bits per heavy atom. The number of likely N-dealkylation sites (N-methyl/N-ethyl adjacent to an activating group) is 1. The normalized spacial score (nSPS) is 12.2. The van der Waals surface area contributed by atoms with Crippen molar-refractivity contribution >= 4 is 22.7 Å². The minimum absolute atomic E-state index is 0.0791. The number of nitrogens with zero attached hydrogens (tertiary/aromatic N) is 1. The van der Waals surface area contributed by atoms with E-state index in [0.717, 1.165) is 28.8 Å². The van der Waals surface area contributed by atoms with E-state index in [-0.39, 0.29) is 27.7 Å². The number of fused-ring (bicyclic) bond motifs is 1. The van der Waals surface area contributed by atoms with Crippen molar-refractivity contribution in [2.75, 3.05) is 7.05 Å². The van der Waals surface area contributed by atoms with Crippen molar-refractivity contribution in [1.29, 1.82) is 0 Å². The van der Waals surface area contributed by atoms with Gasteiger partial charge in [0.1, 0.15) is 0 Å². The molecule has 28 heavy (non-hydrogen) atoms. The first-order valence-corrected chi connectivity index (χ1v) is 8.42. The third-order valence-corrected chi connectivity index (χ3v) is 4.78. The maximum Gasteiger partial charge on any atom is 0.262 e. The summed E-state index contributed by atoms with van der Waals surface area (Å²) in [4.78, 5) is 25.2. The van der Waals surface area contributed by atoms with E-state index in [1.54, 1.807) is 0 Å². The number of carbonyl (C=O) groups excluding carboxylic acids is 2. The summed E-state index contributed by atoms with van der Waals surface area (Å²) in [6, 6.07) is 5.11. The molecule has 1 aromatic heterocycles. The molecule has 0 aliphatic heterocycles. The van der Waals surface area contributed by atoms with Crippen LogP contribution in [0.2, 0.25) is 0 Å². The molecule has 3 rings (SSSR count). The van der Waals surface area contributed by atoms with E-state index in [9.17, 15) is 27.9 Å². The molecule has 0 bridgehead atoms. The predicted octanol–water partition coefficient (Wildman–Crippen LogP) is 3.61. The first-order chi connectivity index (χ1) is 13.2. The fourth-order valence-corrected chi connectivity index (χ4v) is 3.38. The van der Waals surface area contributed by atoms with E-state index < -0.39 is 40.9 Å². The molecule has 0 aliphatic rings. The Morgan fingerprint density at radius 1 is 1.11 bits per heavy atom. The van der Waals surface area contributed by atoms with Gasteiger partial charge in [0.15, 0.2) is 23.2 Å². The van der Waals surface area contributed by atoms with Gasteiger partial charge in [0.2, 0.25) is 5.91 Å². The van der Waals surface area contributed by atoms with Crippen LogP contribution < -0.4 is 5.32 Å². The third kappa shape index (κ3) is 2.90. The molecule has 0 fully saturated rings. The van der Waals surface area contributed by atoms with E-state index >= 15 is 0 Å². The lowest BCUT2D eigenvalue weighted by molar-refractivity contribution is -0.121. The molecule has 0 radical (unpaired) electrons. The van der Waals surface area contributed by atoms with E-state index in [4.69, 9.17) is 0 Å². The summed E-state index contributed by atoms with van der Waals surface area (Å²) in [7, 11) is 1.42. The zero-order valence-corrected chi connectivity index (χ0v) is 15.3. The Hall–Kier alpha value is -3.29. The molecular weight excluding hydrogens is 373 g/mol. The quantitative estimate of drug-likeness (QED) is 0.718. The molecule has 0 saturated carbocycles. The van der Waals surface area contributed by atoms with Gasteiger partial charge in [-0.2, -0.15) is 0 Å². The van der Waals surface area contributed by atoms with Crippen molar-refractivity contribution in [3.63, 3.8) is 0 Å². The summed E-state index contributed by atoms with van der Waals surface area (Å²) < 4.78 is 42.7. The number of benzene rings is 2. The molecule has 8 heteroatoms. The lowest BCUT2D eigenvalue weighted by atomic mass is 9.96. The van der Waals surface area contributed by atoms with Crippen LogP contribution in [-0.2, 0) is 4.79 Å². The average molecular weight is 390 g/mol. The summed E-state index contributed by atoms with van der Waals surface area (Å²) in [5.41, 5.74) is 0.434. The highest BCUT2D eigenvalue weighted by Crippen LogP contribution is 2.37. The summed E-state index contributed by atoms with van der Waals surface area (Å²) in [6.45, 7) is 3.06. The van der Waals surface area contributed by atoms with Crippen LogP contribution in [0.4, 0.5) is 13.2 Å². The van der Waals surface area contributed by atoms with Crippen molar-refractivity contribution in [3.8, 4) is 5.75 Å². The number of hydrogen-bond acceptors (Lipinski definition) is 3. The second kappa shape index (κ2) is 7.03. The van der Waals surface area contributed by atoms with Gasteiger partial charge in [-0.05, 0) is 49.7 Å². The summed E-state index contributed by atoms with van der Waals surface area (Å²) in [5.74, 6) is -5.86. The van der Waals surface area contributed by atoms with Crippen LogP contribution in [0, 0.1) is 24.4 Å². The van der Waals surface area contributed by atoms with Gasteiger partial charge in [-0.15, -0.1) is 0 Å². The summed E-state index contributed by atoms with van der Waals surface area (Å²) in [5, 5.41) is 12.2. The molecule has 1 atom stereocenters. The van der Waals surface area contributed by atoms with Crippen LogP contribution in [0.25, 0.3) is 10.9 Å². The standard InChI is InChI=1S/C20H17F3N2O3/c1-9(19(27)24-3)16-10(2)25(14-6-7-15(26)18(23)17(14)16)20(28)11-4-5-12(21)13(22)8-11/h4-9,26H,1-3H3,(H,24,27). The highest BCUT2D eigenvalue weighted by atomic mass is 19.2. The number of phenolic OH excluding ortho intramolecular Hbond substituents is 1. The van der Waals surface area contributed by atoms with Crippen LogP contribution in [0.15, 0.2) is 30.3 Å². The number of aromatic hydroxyl groups is 1. The topological polar surface area (TPSA) is 71.3 Å². The molecule has 2 aromatic carbocycles. The Bertz CT molecular complexity index is 1120. The van der Waals surface area contributed by atoms with Gasteiger partial charge >= 0.3 is 0 Å². The maximum atomic E-state index is 14.7. The molecule has 2 N–H and O–H groups in total. The second-order valence-electron chi connectivity index (χ2n) is 6.40. The second-order valence-corrected chi connectivity index (χ2v) is 6.40. The molecule has 146 valence electrons. The van der Waals surface area contributed by atoms with Gasteiger partial charge in [-0.1, -0.05) is 0 Å². The maximum absolute atomic E-state index is 14.7. The predicted molar refractivity (Wildman–Crippen MR) is 96.9 cm³/mol. The monoisotopic (exact) mass is 390 g/mol. The lowest BCUT2D eigenvalue weighted by Gasteiger charge is -2.12. The number of halogens is 3. The minimum atomic E-state index is -1.19. The highest BCUT2D eigenvalue weighted by Gasteiger charge is 2.29. The molecule has 3 aromatic rings. The molecule has 5 nitrogen and oxygen atoms in total. The van der Waals surface area contributed by atoms with E-state index in [2.05, 4.69) is 5.32 Å². The molecule has 0 aliphatic carbocycles. The zero-order chi connectivity index (χ0) is 20.7. The highest BCUT2D eigenvalue weighted by molar-refractivity contribution is 6.05. The van der Waals surface area contributed by atoms with Gasteiger partial charge in [0, 0.05) is 23.7 Å². The number of amides is 1. The van der Waals surface area contributed by atoms with E-state index in [1.165, 1.54) is 27.0 Å². The van der Waals surface area contributed by atoms with Crippen LogP contribution in [-0.4, -0.2) is 28.5 Å². The van der Waals surface area contributed by atoms with E-state index in [1.807, 2.05) is 0 Å². The lowest BCUT2D eigenvalue weighted by Crippen LogP contribution is -2.24. The van der Waals surface area contributed by atoms with Crippen molar-refractivity contribution in [1.82, 2.24) is 9.88 Å². The Balaban J connectivity index is 2.33. The van der Waals surface area contributed by atoms with Crippen LogP contribution in [0.5, 0.6) is 5.75 Å². The van der Waals surface area contributed by atoms with Gasteiger partial charge in [0.05, 0.1) is 11.4 Å². The summed E-state index contributed by atoms with van der Waals surface area (Å²) in [6.07, 6.45) is 0. The third-order valence-electron chi connectivity index (χ3n) is 4.78. The van der Waals surface area contributed by atoms with Gasteiger partial charge in [-0.25, -0.2) is 13.2 Å². The Labute approximate surface area is 158 Å². The number of rotatable bonds is 3. The summed E-state index contributed by atoms with van der Waals surface area (Å²) >= 11 is 0. The zero-order valence-electron chi connectivity index (χ0n) is 15.3. The number of phenols is 1. The van der Waals surface area contributed by atoms with Crippen molar-refractivity contribution in [3.05, 3.63) is 64.6 Å². The molecule has 0 spiro atoms.